The molecular weight excluding hydrogens is 456 g/mol. The third-order valence-electron chi connectivity index (χ3n) is 5.87. The fourth-order valence-corrected chi connectivity index (χ4v) is 4.22. The molecule has 11 heteroatoms. The molecule has 0 spiro atoms. The van der Waals surface area contributed by atoms with Crippen LogP contribution in [0, 0.1) is 0 Å². The van der Waals surface area contributed by atoms with Gasteiger partial charge in [-0.25, -0.2) is 14.4 Å². The van der Waals surface area contributed by atoms with Gasteiger partial charge >= 0.3 is 18.1 Å². The molecule has 3 rings (SSSR count). The molecule has 3 amide bonds. The summed E-state index contributed by atoms with van der Waals surface area (Å²) in [5, 5.41) is 5.66. The topological polar surface area (TPSA) is 119 Å². The van der Waals surface area contributed by atoms with E-state index in [1.165, 1.54) is 0 Å². The average molecular weight is 491 g/mol. The van der Waals surface area contributed by atoms with E-state index in [0.717, 1.165) is 5.56 Å². The standard InChI is InChI=1S/C24H34N4O7/c1-5-34-22(29)20-18(14-27-9-11-28(12-10-27)24(31)35-6-2)25-23(30)26-21(20)16-7-8-19(33-4)17(13-16)15-32-3/h7-8,13,21H,5-6,9-12,14-15H2,1-4H3,(H2,25,26,30)/t21-/m0/s1. The first-order valence-electron chi connectivity index (χ1n) is 11.7. The Morgan fingerprint density at radius 3 is 2.40 bits per heavy atom. The number of piperazine rings is 1. The molecule has 35 heavy (non-hydrogen) atoms. The number of methoxy groups -OCH3 is 2. The summed E-state index contributed by atoms with van der Waals surface area (Å²) in [6.07, 6.45) is -0.333. The smallest absolute Gasteiger partial charge is 0.409 e. The van der Waals surface area contributed by atoms with E-state index in [1.54, 1.807) is 39.0 Å². The highest BCUT2D eigenvalue weighted by Gasteiger charge is 2.35. The van der Waals surface area contributed by atoms with Gasteiger partial charge in [0.1, 0.15) is 5.75 Å². The fraction of sp³-hybridized carbons (Fsp3) is 0.542. The molecule has 0 aromatic heterocycles. The van der Waals surface area contributed by atoms with Crippen LogP contribution in [0.15, 0.2) is 29.5 Å². The van der Waals surface area contributed by atoms with Crippen molar-refractivity contribution in [1.29, 1.82) is 0 Å². The Morgan fingerprint density at radius 2 is 1.77 bits per heavy atom. The maximum Gasteiger partial charge on any atom is 0.409 e. The van der Waals surface area contributed by atoms with Crippen molar-refractivity contribution in [1.82, 2.24) is 20.4 Å². The van der Waals surface area contributed by atoms with E-state index < -0.39 is 18.0 Å². The van der Waals surface area contributed by atoms with Gasteiger partial charge in [0.2, 0.25) is 0 Å². The van der Waals surface area contributed by atoms with Crippen LogP contribution < -0.4 is 15.4 Å². The van der Waals surface area contributed by atoms with E-state index in [2.05, 4.69) is 15.5 Å². The van der Waals surface area contributed by atoms with Gasteiger partial charge in [-0.15, -0.1) is 0 Å². The van der Waals surface area contributed by atoms with Crippen molar-refractivity contribution >= 4 is 18.1 Å². The Kier molecular flexibility index (Phi) is 9.32. The van der Waals surface area contributed by atoms with Gasteiger partial charge in [0.05, 0.1) is 38.5 Å². The highest BCUT2D eigenvalue weighted by Crippen LogP contribution is 2.31. The molecule has 0 saturated carbocycles. The Labute approximate surface area is 205 Å². The number of carbonyl (C=O) groups excluding carboxylic acids is 3. The molecular formula is C24H34N4O7. The minimum atomic E-state index is -0.708. The molecule has 2 aliphatic rings. The summed E-state index contributed by atoms with van der Waals surface area (Å²) in [5.41, 5.74) is 2.32. The highest BCUT2D eigenvalue weighted by atomic mass is 16.6. The summed E-state index contributed by atoms with van der Waals surface area (Å²) >= 11 is 0. The summed E-state index contributed by atoms with van der Waals surface area (Å²) < 4.78 is 21.1. The van der Waals surface area contributed by atoms with Crippen molar-refractivity contribution in [2.45, 2.75) is 26.5 Å². The van der Waals surface area contributed by atoms with E-state index in [-0.39, 0.29) is 12.7 Å². The number of urea groups is 1. The van der Waals surface area contributed by atoms with Gasteiger partial charge in [-0.05, 0) is 31.5 Å². The minimum absolute atomic E-state index is 0.200. The average Bonchev–Trinajstić information content (AvgIpc) is 2.84. The Balaban J connectivity index is 1.89. The molecule has 1 atom stereocenters. The van der Waals surface area contributed by atoms with E-state index in [4.69, 9.17) is 18.9 Å². The van der Waals surface area contributed by atoms with Crippen LogP contribution in [0.5, 0.6) is 5.75 Å². The maximum atomic E-state index is 13.1. The molecule has 2 aliphatic heterocycles. The predicted octanol–water partition coefficient (Wildman–Crippen LogP) is 1.79. The summed E-state index contributed by atoms with van der Waals surface area (Å²) in [6.45, 7) is 6.82. The number of esters is 1. The van der Waals surface area contributed by atoms with Gasteiger partial charge in [-0.3, -0.25) is 4.90 Å². The summed E-state index contributed by atoms with van der Waals surface area (Å²) in [5.74, 6) is 0.145. The van der Waals surface area contributed by atoms with Crippen LogP contribution in [-0.4, -0.2) is 88.1 Å². The zero-order valence-electron chi connectivity index (χ0n) is 20.7. The Morgan fingerprint density at radius 1 is 1.06 bits per heavy atom. The van der Waals surface area contributed by atoms with E-state index in [9.17, 15) is 14.4 Å². The number of ether oxygens (including phenoxy) is 4. The van der Waals surface area contributed by atoms with Gasteiger partial charge in [0.15, 0.2) is 0 Å². The summed E-state index contributed by atoms with van der Waals surface area (Å²) in [7, 11) is 3.16. The summed E-state index contributed by atoms with van der Waals surface area (Å²) in [4.78, 5) is 41.4. The molecule has 2 heterocycles. The largest absolute Gasteiger partial charge is 0.496 e. The number of carbonyl (C=O) groups is 3. The van der Waals surface area contributed by atoms with Crippen molar-refractivity contribution in [3.63, 3.8) is 0 Å². The summed E-state index contributed by atoms with van der Waals surface area (Å²) in [6, 6.07) is 4.33. The predicted molar refractivity (Wildman–Crippen MR) is 127 cm³/mol. The fourth-order valence-electron chi connectivity index (χ4n) is 4.22. The van der Waals surface area contributed by atoms with Gasteiger partial charge in [-0.1, -0.05) is 6.07 Å². The normalized spacial score (nSPS) is 18.6. The number of nitrogens with one attached hydrogen (secondary N) is 2. The van der Waals surface area contributed by atoms with Crippen LogP contribution in [0.3, 0.4) is 0 Å². The molecule has 1 aromatic rings. The number of hydrogen-bond acceptors (Lipinski definition) is 8. The SMILES string of the molecule is CCOC(=O)C1=C(CN2CCN(C(=O)OCC)CC2)NC(=O)N[C@H]1c1ccc(OC)c(COC)c1. The molecule has 0 bridgehead atoms. The maximum absolute atomic E-state index is 13.1. The molecule has 0 aliphatic carbocycles. The molecule has 1 aromatic carbocycles. The zero-order valence-corrected chi connectivity index (χ0v) is 20.7. The molecule has 1 saturated heterocycles. The quantitative estimate of drug-likeness (QED) is 0.503. The van der Waals surface area contributed by atoms with E-state index in [1.807, 2.05) is 12.1 Å². The third kappa shape index (κ3) is 6.43. The first-order chi connectivity index (χ1) is 16.9. The molecule has 11 nitrogen and oxygen atoms in total. The van der Waals surface area contributed by atoms with Gasteiger partial charge in [0.25, 0.3) is 0 Å². The second-order valence-electron chi connectivity index (χ2n) is 8.11. The van der Waals surface area contributed by atoms with Crippen LogP contribution in [-0.2, 0) is 25.6 Å². The van der Waals surface area contributed by atoms with Gasteiger partial charge in [0, 0.05) is 51.1 Å². The van der Waals surface area contributed by atoms with Gasteiger partial charge in [-0.2, -0.15) is 0 Å². The Hall–Kier alpha value is -3.31. The van der Waals surface area contributed by atoms with Crippen molar-refractivity contribution < 1.29 is 33.3 Å². The first-order valence-corrected chi connectivity index (χ1v) is 11.7. The highest BCUT2D eigenvalue weighted by molar-refractivity contribution is 5.95. The van der Waals surface area contributed by atoms with Crippen LogP contribution in [0.2, 0.25) is 0 Å². The second kappa shape index (κ2) is 12.4. The molecule has 0 unspecified atom stereocenters. The lowest BCUT2D eigenvalue weighted by molar-refractivity contribution is -0.139. The third-order valence-corrected chi connectivity index (χ3v) is 5.87. The van der Waals surface area contributed by atoms with Crippen molar-refractivity contribution in [3.05, 3.63) is 40.6 Å². The molecule has 1 fully saturated rings. The van der Waals surface area contributed by atoms with Gasteiger partial charge < -0.3 is 34.5 Å². The van der Waals surface area contributed by atoms with Crippen LogP contribution in [0.4, 0.5) is 9.59 Å². The zero-order chi connectivity index (χ0) is 25.4. The van der Waals surface area contributed by atoms with E-state index >= 15 is 0 Å². The number of nitrogens with zero attached hydrogens (tertiary/aromatic N) is 2. The lowest BCUT2D eigenvalue weighted by Crippen LogP contribution is -2.52. The lowest BCUT2D eigenvalue weighted by atomic mass is 9.93. The lowest BCUT2D eigenvalue weighted by Gasteiger charge is -2.36. The first kappa shape index (κ1) is 26.3. The van der Waals surface area contributed by atoms with Crippen molar-refractivity contribution in [2.75, 3.05) is 60.2 Å². The molecule has 0 radical (unpaired) electrons. The van der Waals surface area contributed by atoms with Crippen LogP contribution >= 0.6 is 0 Å². The number of rotatable bonds is 9. The van der Waals surface area contributed by atoms with E-state index in [0.29, 0.717) is 68.5 Å². The van der Waals surface area contributed by atoms with Crippen molar-refractivity contribution in [3.8, 4) is 5.75 Å². The number of benzene rings is 1. The molecule has 2 N–H and O–H groups in total. The number of amides is 3. The van der Waals surface area contributed by atoms with Crippen molar-refractivity contribution in [2.24, 2.45) is 0 Å². The monoisotopic (exact) mass is 490 g/mol. The second-order valence-corrected chi connectivity index (χ2v) is 8.11. The minimum Gasteiger partial charge on any atom is -0.496 e. The number of hydrogen-bond donors (Lipinski definition) is 2. The Bertz CT molecular complexity index is 957. The van der Waals surface area contributed by atoms with Crippen LogP contribution in [0.25, 0.3) is 0 Å². The van der Waals surface area contributed by atoms with Crippen LogP contribution in [0.1, 0.15) is 31.0 Å². The molecule has 192 valence electrons.